The molecule has 0 bridgehead atoms. The molecule has 0 unspecified atom stereocenters. The van der Waals surface area contributed by atoms with E-state index in [-0.39, 0.29) is 23.7 Å². The number of nitriles is 1. The maximum absolute atomic E-state index is 12.4. The summed E-state index contributed by atoms with van der Waals surface area (Å²) in [6.45, 7) is 0. The van der Waals surface area contributed by atoms with E-state index in [1.54, 1.807) is 0 Å². The Labute approximate surface area is 90.5 Å². The van der Waals surface area contributed by atoms with Gasteiger partial charge in [0.25, 0.3) is 6.43 Å². The molecule has 1 rings (SSSR count). The van der Waals surface area contributed by atoms with Crippen molar-refractivity contribution in [1.29, 1.82) is 5.26 Å². The maximum Gasteiger partial charge on any atom is 0.280 e. The lowest BCUT2D eigenvalue weighted by Crippen LogP contribution is -2.05. The number of alkyl halides is 3. The fourth-order valence-electron chi connectivity index (χ4n) is 1.14. The van der Waals surface area contributed by atoms with Gasteiger partial charge in [-0.2, -0.15) is 5.26 Å². The normalized spacial score (nSPS) is 10.3. The molecule has 0 radical (unpaired) electrons. The Hall–Kier alpha value is -1.41. The lowest BCUT2D eigenvalue weighted by atomic mass is 10.1. The molecule has 1 heterocycles. The number of aromatic nitrogens is 1. The number of rotatable bonds is 3. The molecule has 0 saturated carbocycles. The monoisotopic (exact) mass is 231 g/mol. The number of anilines is 1. The van der Waals surface area contributed by atoms with Gasteiger partial charge < -0.3 is 5.73 Å². The van der Waals surface area contributed by atoms with Crippen molar-refractivity contribution in [3.63, 3.8) is 0 Å². The van der Waals surface area contributed by atoms with Crippen LogP contribution in [0.4, 0.5) is 14.5 Å². The highest BCUT2D eigenvalue weighted by Crippen LogP contribution is 2.24. The Bertz CT molecular complexity index is 401. The van der Waals surface area contributed by atoms with Crippen LogP contribution in [0.25, 0.3) is 0 Å². The molecule has 0 spiro atoms. The van der Waals surface area contributed by atoms with Crippen molar-refractivity contribution in [2.45, 2.75) is 18.7 Å². The van der Waals surface area contributed by atoms with E-state index in [1.165, 1.54) is 0 Å². The first-order valence-corrected chi connectivity index (χ1v) is 4.62. The molecule has 0 aliphatic carbocycles. The van der Waals surface area contributed by atoms with Crippen LogP contribution in [0.2, 0.25) is 0 Å². The van der Waals surface area contributed by atoms with Gasteiger partial charge in [0.15, 0.2) is 0 Å². The second-order valence-corrected chi connectivity index (χ2v) is 3.10. The van der Waals surface area contributed by atoms with E-state index in [1.807, 2.05) is 6.07 Å². The summed E-state index contributed by atoms with van der Waals surface area (Å²) in [7, 11) is 0. The standard InChI is InChI=1S/C9H8ClF2N3/c10-4-7-8(14)5(1-2-13)3-6(15-7)9(11)12/h3,9H,1,4,14H2. The predicted molar refractivity (Wildman–Crippen MR) is 52.5 cm³/mol. The Morgan fingerprint density at radius 3 is 2.73 bits per heavy atom. The number of nitrogens with two attached hydrogens (primary N) is 1. The second kappa shape index (κ2) is 4.89. The molecule has 0 aliphatic rings. The van der Waals surface area contributed by atoms with Gasteiger partial charge in [-0.25, -0.2) is 13.8 Å². The Balaban J connectivity index is 3.26. The van der Waals surface area contributed by atoms with Crippen LogP contribution in [0.15, 0.2) is 6.07 Å². The minimum atomic E-state index is -2.69. The average Bonchev–Trinajstić information content (AvgIpc) is 2.21. The molecular formula is C9H8ClF2N3. The van der Waals surface area contributed by atoms with Gasteiger partial charge in [-0.15, -0.1) is 11.6 Å². The quantitative estimate of drug-likeness (QED) is 0.813. The minimum Gasteiger partial charge on any atom is -0.397 e. The zero-order valence-corrected chi connectivity index (χ0v) is 8.43. The molecule has 0 fully saturated rings. The summed E-state index contributed by atoms with van der Waals surface area (Å²) < 4.78 is 24.8. The Kier molecular flexibility index (Phi) is 3.81. The molecule has 15 heavy (non-hydrogen) atoms. The fourth-order valence-corrected chi connectivity index (χ4v) is 1.34. The van der Waals surface area contributed by atoms with Gasteiger partial charge >= 0.3 is 0 Å². The van der Waals surface area contributed by atoms with Crippen molar-refractivity contribution in [2.24, 2.45) is 0 Å². The number of hydrogen-bond donors (Lipinski definition) is 1. The summed E-state index contributed by atoms with van der Waals surface area (Å²) >= 11 is 5.51. The number of pyridine rings is 1. The highest BCUT2D eigenvalue weighted by molar-refractivity contribution is 6.17. The minimum absolute atomic E-state index is 0.0298. The number of hydrogen-bond acceptors (Lipinski definition) is 3. The largest absolute Gasteiger partial charge is 0.397 e. The lowest BCUT2D eigenvalue weighted by Gasteiger charge is -2.09. The summed E-state index contributed by atoms with van der Waals surface area (Å²) in [5.41, 5.74) is 5.97. The molecule has 1 aromatic heterocycles. The second-order valence-electron chi connectivity index (χ2n) is 2.84. The molecule has 6 heteroatoms. The summed E-state index contributed by atoms with van der Waals surface area (Å²) in [6.07, 6.45) is -2.72. The van der Waals surface area contributed by atoms with Crippen molar-refractivity contribution in [3.8, 4) is 6.07 Å². The van der Waals surface area contributed by atoms with E-state index in [4.69, 9.17) is 22.6 Å². The van der Waals surface area contributed by atoms with Crippen LogP contribution >= 0.6 is 11.6 Å². The van der Waals surface area contributed by atoms with Gasteiger partial charge in [0, 0.05) is 0 Å². The van der Waals surface area contributed by atoms with Crippen LogP contribution < -0.4 is 5.73 Å². The van der Waals surface area contributed by atoms with Gasteiger partial charge in [-0.3, -0.25) is 0 Å². The zero-order chi connectivity index (χ0) is 11.4. The highest BCUT2D eigenvalue weighted by Gasteiger charge is 2.15. The summed E-state index contributed by atoms with van der Waals surface area (Å²) in [4.78, 5) is 3.62. The topological polar surface area (TPSA) is 62.7 Å². The van der Waals surface area contributed by atoms with E-state index in [9.17, 15) is 8.78 Å². The summed E-state index contributed by atoms with van der Waals surface area (Å²) in [6, 6.07) is 2.98. The van der Waals surface area contributed by atoms with Gasteiger partial charge in [0.1, 0.15) is 5.69 Å². The first-order chi connectivity index (χ1) is 7.10. The third-order valence-corrected chi connectivity index (χ3v) is 2.12. The van der Waals surface area contributed by atoms with E-state index in [0.29, 0.717) is 5.56 Å². The Morgan fingerprint density at radius 2 is 2.27 bits per heavy atom. The van der Waals surface area contributed by atoms with Crippen LogP contribution in [-0.2, 0) is 12.3 Å². The van der Waals surface area contributed by atoms with Crippen LogP contribution in [-0.4, -0.2) is 4.98 Å². The Morgan fingerprint density at radius 1 is 1.60 bits per heavy atom. The van der Waals surface area contributed by atoms with Crippen molar-refractivity contribution < 1.29 is 8.78 Å². The molecule has 0 aromatic carbocycles. The molecule has 0 saturated heterocycles. The maximum atomic E-state index is 12.4. The van der Waals surface area contributed by atoms with E-state index < -0.39 is 12.1 Å². The van der Waals surface area contributed by atoms with Crippen molar-refractivity contribution in [3.05, 3.63) is 23.0 Å². The van der Waals surface area contributed by atoms with Gasteiger partial charge in [-0.1, -0.05) is 0 Å². The molecule has 80 valence electrons. The van der Waals surface area contributed by atoms with E-state index in [0.717, 1.165) is 6.07 Å². The first-order valence-electron chi connectivity index (χ1n) is 4.09. The van der Waals surface area contributed by atoms with Gasteiger partial charge in [-0.05, 0) is 11.6 Å². The van der Waals surface area contributed by atoms with E-state index in [2.05, 4.69) is 4.98 Å². The molecule has 2 N–H and O–H groups in total. The summed E-state index contributed by atoms with van der Waals surface area (Å²) in [5.74, 6) is -0.0508. The average molecular weight is 232 g/mol. The van der Waals surface area contributed by atoms with Crippen molar-refractivity contribution >= 4 is 17.3 Å². The molecular weight excluding hydrogens is 224 g/mol. The van der Waals surface area contributed by atoms with Gasteiger partial charge in [0.05, 0.1) is 29.8 Å². The smallest absolute Gasteiger partial charge is 0.280 e. The number of nitrogen functional groups attached to an aromatic ring is 1. The van der Waals surface area contributed by atoms with Crippen LogP contribution in [0.5, 0.6) is 0 Å². The third kappa shape index (κ3) is 2.54. The predicted octanol–water partition coefficient (Wildman–Crippen LogP) is 2.41. The molecule has 1 aromatic rings. The molecule has 0 aliphatic heterocycles. The number of nitrogens with zero attached hydrogens (tertiary/aromatic N) is 2. The van der Waals surface area contributed by atoms with Crippen molar-refractivity contribution in [1.82, 2.24) is 4.98 Å². The van der Waals surface area contributed by atoms with E-state index >= 15 is 0 Å². The molecule has 0 atom stereocenters. The lowest BCUT2D eigenvalue weighted by molar-refractivity contribution is 0.146. The summed E-state index contributed by atoms with van der Waals surface area (Å²) in [5, 5.41) is 8.49. The number of halogens is 3. The van der Waals surface area contributed by atoms with Crippen LogP contribution in [0, 0.1) is 11.3 Å². The van der Waals surface area contributed by atoms with Crippen LogP contribution in [0.3, 0.4) is 0 Å². The molecule has 0 amide bonds. The SMILES string of the molecule is N#CCc1cc(C(F)F)nc(CCl)c1N. The fraction of sp³-hybridized carbons (Fsp3) is 0.333. The third-order valence-electron chi connectivity index (χ3n) is 1.86. The first kappa shape index (κ1) is 11.7. The molecule has 3 nitrogen and oxygen atoms in total. The van der Waals surface area contributed by atoms with Crippen LogP contribution in [0.1, 0.15) is 23.4 Å². The highest BCUT2D eigenvalue weighted by atomic mass is 35.5. The zero-order valence-electron chi connectivity index (χ0n) is 7.67. The van der Waals surface area contributed by atoms with Gasteiger partial charge in [0.2, 0.25) is 0 Å². The van der Waals surface area contributed by atoms with Crippen molar-refractivity contribution in [2.75, 3.05) is 5.73 Å².